The molecule has 0 aliphatic carbocycles. The Hall–Kier alpha value is 0.400. The van der Waals surface area contributed by atoms with Crippen molar-refractivity contribution in [3.63, 3.8) is 0 Å². The minimum Gasteiger partial charge on any atom is -0.330 e. The van der Waals surface area contributed by atoms with Crippen molar-refractivity contribution in [1.82, 2.24) is 0 Å². The average Bonchev–Trinajstić information content (AvgIpc) is 1.68. The van der Waals surface area contributed by atoms with Crippen LogP contribution in [-0.4, -0.2) is 17.9 Å². The summed E-state index contributed by atoms with van der Waals surface area (Å²) in [6, 6.07) is 0. The van der Waals surface area contributed by atoms with Gasteiger partial charge in [0, 0.05) is 11.4 Å². The number of alkyl halides is 1. The van der Waals surface area contributed by atoms with E-state index in [-0.39, 0.29) is 0 Å². The molecule has 0 radical (unpaired) electrons. The third-order valence-corrected chi connectivity index (χ3v) is 1.57. The first-order valence-corrected chi connectivity index (χ1v) is 3.27. The summed E-state index contributed by atoms with van der Waals surface area (Å²) >= 11 is 3.33. The van der Waals surface area contributed by atoms with Crippen LogP contribution >= 0.6 is 15.9 Å². The van der Waals surface area contributed by atoms with E-state index in [1.165, 1.54) is 0 Å². The molecular weight excluding hydrogens is 156 g/mol. The number of rotatable bonds is 3. The molecule has 0 spiro atoms. The van der Waals surface area contributed by atoms with E-state index in [1.54, 1.807) is 0 Å². The fraction of sp³-hybridized carbons (Fsp3) is 1.00. The van der Waals surface area contributed by atoms with Gasteiger partial charge in [-0.25, -0.2) is 0 Å². The van der Waals surface area contributed by atoms with Crippen molar-refractivity contribution in [2.75, 3.05) is 13.1 Å². The molecule has 0 aromatic carbocycles. The SMILES string of the molecule is NCCC(Br)CN. The molecule has 4 N–H and O–H groups in total. The van der Waals surface area contributed by atoms with Gasteiger partial charge in [0.25, 0.3) is 0 Å². The van der Waals surface area contributed by atoms with E-state index in [0.29, 0.717) is 17.9 Å². The van der Waals surface area contributed by atoms with E-state index in [2.05, 4.69) is 15.9 Å². The van der Waals surface area contributed by atoms with E-state index < -0.39 is 0 Å². The standard InChI is InChI=1S/C4H11BrN2/c5-4(3-7)1-2-6/h4H,1-3,6-7H2. The third kappa shape index (κ3) is 4.25. The summed E-state index contributed by atoms with van der Waals surface area (Å²) in [5.74, 6) is 0. The van der Waals surface area contributed by atoms with Crippen LogP contribution in [0.4, 0.5) is 0 Å². The van der Waals surface area contributed by atoms with Crippen LogP contribution in [0.25, 0.3) is 0 Å². The second kappa shape index (κ2) is 4.56. The Bertz CT molecular complexity index is 40.7. The maximum atomic E-state index is 5.26. The monoisotopic (exact) mass is 166 g/mol. The molecule has 1 unspecified atom stereocenters. The van der Waals surface area contributed by atoms with Gasteiger partial charge in [-0.05, 0) is 13.0 Å². The van der Waals surface area contributed by atoms with Crippen molar-refractivity contribution in [3.05, 3.63) is 0 Å². The van der Waals surface area contributed by atoms with Gasteiger partial charge < -0.3 is 11.5 Å². The lowest BCUT2D eigenvalue weighted by molar-refractivity contribution is 0.783. The van der Waals surface area contributed by atoms with Gasteiger partial charge in [0.2, 0.25) is 0 Å². The molecule has 0 aromatic rings. The summed E-state index contributed by atoms with van der Waals surface area (Å²) in [6.45, 7) is 1.39. The molecule has 3 heteroatoms. The van der Waals surface area contributed by atoms with Crippen molar-refractivity contribution in [2.45, 2.75) is 11.2 Å². The highest BCUT2D eigenvalue weighted by Gasteiger charge is 1.95. The summed E-state index contributed by atoms with van der Waals surface area (Å²) in [4.78, 5) is 0.414. The van der Waals surface area contributed by atoms with Crippen LogP contribution in [0.1, 0.15) is 6.42 Å². The Morgan fingerprint density at radius 1 is 1.43 bits per heavy atom. The summed E-state index contributed by atoms with van der Waals surface area (Å²) in [6.07, 6.45) is 0.969. The Morgan fingerprint density at radius 3 is 2.14 bits per heavy atom. The molecule has 0 aliphatic heterocycles. The summed E-state index contributed by atoms with van der Waals surface area (Å²) < 4.78 is 0. The first-order chi connectivity index (χ1) is 3.31. The molecule has 0 rings (SSSR count). The smallest absolute Gasteiger partial charge is 0.0280 e. The van der Waals surface area contributed by atoms with Gasteiger partial charge in [0.05, 0.1) is 0 Å². The zero-order valence-electron chi connectivity index (χ0n) is 4.23. The molecule has 44 valence electrons. The van der Waals surface area contributed by atoms with E-state index in [0.717, 1.165) is 6.42 Å². The van der Waals surface area contributed by atoms with Crippen LogP contribution in [-0.2, 0) is 0 Å². The maximum absolute atomic E-state index is 5.26. The van der Waals surface area contributed by atoms with E-state index in [4.69, 9.17) is 11.5 Å². The van der Waals surface area contributed by atoms with E-state index >= 15 is 0 Å². The second-order valence-corrected chi connectivity index (χ2v) is 2.71. The average molecular weight is 167 g/mol. The second-order valence-electron chi connectivity index (χ2n) is 1.41. The lowest BCUT2D eigenvalue weighted by Crippen LogP contribution is -2.17. The van der Waals surface area contributed by atoms with Crippen molar-refractivity contribution in [3.8, 4) is 0 Å². The fourth-order valence-electron chi connectivity index (χ4n) is 0.299. The molecule has 0 heterocycles. The van der Waals surface area contributed by atoms with Gasteiger partial charge in [-0.3, -0.25) is 0 Å². The highest BCUT2D eigenvalue weighted by atomic mass is 79.9. The molecule has 0 bridgehead atoms. The van der Waals surface area contributed by atoms with Crippen LogP contribution in [0.2, 0.25) is 0 Å². The highest BCUT2D eigenvalue weighted by molar-refractivity contribution is 9.09. The van der Waals surface area contributed by atoms with Crippen LogP contribution in [0, 0.1) is 0 Å². The zero-order chi connectivity index (χ0) is 5.70. The summed E-state index contributed by atoms with van der Waals surface area (Å²) in [5, 5.41) is 0. The maximum Gasteiger partial charge on any atom is 0.0280 e. The number of hydrogen-bond acceptors (Lipinski definition) is 2. The normalized spacial score (nSPS) is 14.1. The topological polar surface area (TPSA) is 52.0 Å². The highest BCUT2D eigenvalue weighted by Crippen LogP contribution is 1.99. The molecule has 0 fully saturated rings. The lowest BCUT2D eigenvalue weighted by Gasteiger charge is -2.00. The first kappa shape index (κ1) is 7.40. The van der Waals surface area contributed by atoms with Gasteiger partial charge >= 0.3 is 0 Å². The molecule has 7 heavy (non-hydrogen) atoms. The number of halogens is 1. The fourth-order valence-corrected chi connectivity index (χ4v) is 0.563. The van der Waals surface area contributed by atoms with Gasteiger partial charge in [-0.15, -0.1) is 0 Å². The Kier molecular flexibility index (Phi) is 4.82. The minimum absolute atomic E-state index is 0.414. The predicted octanol–water partition coefficient (Wildman–Crippen LogP) is 0.0574. The van der Waals surface area contributed by atoms with Crippen LogP contribution in [0.15, 0.2) is 0 Å². The Balaban J connectivity index is 2.83. The quantitative estimate of drug-likeness (QED) is 0.584. The van der Waals surface area contributed by atoms with Gasteiger partial charge in [0.1, 0.15) is 0 Å². The van der Waals surface area contributed by atoms with Crippen molar-refractivity contribution in [1.29, 1.82) is 0 Å². The molecule has 0 amide bonds. The minimum atomic E-state index is 0.414. The third-order valence-electron chi connectivity index (χ3n) is 0.736. The van der Waals surface area contributed by atoms with Gasteiger partial charge in [0.15, 0.2) is 0 Å². The summed E-state index contributed by atoms with van der Waals surface area (Å²) in [7, 11) is 0. The number of nitrogens with two attached hydrogens (primary N) is 2. The lowest BCUT2D eigenvalue weighted by atomic mass is 10.3. The van der Waals surface area contributed by atoms with Crippen LogP contribution < -0.4 is 11.5 Å². The molecule has 0 saturated heterocycles. The van der Waals surface area contributed by atoms with E-state index in [1.807, 2.05) is 0 Å². The van der Waals surface area contributed by atoms with Crippen LogP contribution in [0.3, 0.4) is 0 Å². The molecular formula is C4H11BrN2. The van der Waals surface area contributed by atoms with Gasteiger partial charge in [-0.1, -0.05) is 15.9 Å². The predicted molar refractivity (Wildman–Crippen MR) is 35.4 cm³/mol. The number of hydrogen-bond donors (Lipinski definition) is 2. The molecule has 0 aromatic heterocycles. The molecule has 2 nitrogen and oxygen atoms in total. The zero-order valence-corrected chi connectivity index (χ0v) is 5.82. The van der Waals surface area contributed by atoms with Crippen LogP contribution in [0.5, 0.6) is 0 Å². The molecule has 0 saturated carbocycles. The Morgan fingerprint density at radius 2 is 2.00 bits per heavy atom. The Labute approximate surface area is 52.4 Å². The van der Waals surface area contributed by atoms with Gasteiger partial charge in [-0.2, -0.15) is 0 Å². The van der Waals surface area contributed by atoms with Crippen molar-refractivity contribution in [2.24, 2.45) is 11.5 Å². The summed E-state index contributed by atoms with van der Waals surface area (Å²) in [5.41, 5.74) is 10.5. The molecule has 0 aliphatic rings. The first-order valence-electron chi connectivity index (χ1n) is 2.35. The molecule has 1 atom stereocenters. The van der Waals surface area contributed by atoms with Crippen molar-refractivity contribution < 1.29 is 0 Å². The largest absolute Gasteiger partial charge is 0.330 e. The van der Waals surface area contributed by atoms with Crippen molar-refractivity contribution >= 4 is 15.9 Å². The van der Waals surface area contributed by atoms with E-state index in [9.17, 15) is 0 Å².